The van der Waals surface area contributed by atoms with Gasteiger partial charge in [0.15, 0.2) is 0 Å². The fourth-order valence-electron chi connectivity index (χ4n) is 2.12. The van der Waals surface area contributed by atoms with Crippen molar-refractivity contribution in [3.63, 3.8) is 0 Å². The number of hydrogen-bond acceptors (Lipinski definition) is 3. The standard InChI is InChI=1S/C14H30N2O/c1-4-17-12-6-5-9-15-10-11-16(3)13(2)14-7-8-14/h13-15H,4-12H2,1-3H3. The van der Waals surface area contributed by atoms with Crippen LogP contribution in [0.5, 0.6) is 0 Å². The maximum absolute atomic E-state index is 5.31. The zero-order chi connectivity index (χ0) is 12.5. The quantitative estimate of drug-likeness (QED) is 0.562. The lowest BCUT2D eigenvalue weighted by Crippen LogP contribution is -2.36. The van der Waals surface area contributed by atoms with Gasteiger partial charge in [0.2, 0.25) is 0 Å². The second-order valence-corrected chi connectivity index (χ2v) is 5.21. The first-order chi connectivity index (χ1) is 8.25. The lowest BCUT2D eigenvalue weighted by molar-refractivity contribution is 0.143. The van der Waals surface area contributed by atoms with Crippen molar-refractivity contribution in [2.75, 3.05) is 39.9 Å². The first-order valence-corrected chi connectivity index (χ1v) is 7.24. The number of nitrogens with one attached hydrogen (secondary N) is 1. The molecule has 1 unspecified atom stereocenters. The summed E-state index contributed by atoms with van der Waals surface area (Å²) in [6.07, 6.45) is 5.28. The summed E-state index contributed by atoms with van der Waals surface area (Å²) in [6.45, 7) is 9.58. The van der Waals surface area contributed by atoms with Crippen molar-refractivity contribution in [2.24, 2.45) is 5.92 Å². The largest absolute Gasteiger partial charge is 0.382 e. The van der Waals surface area contributed by atoms with Crippen LogP contribution in [0.1, 0.15) is 39.5 Å². The van der Waals surface area contributed by atoms with Crippen LogP contribution in [0.15, 0.2) is 0 Å². The topological polar surface area (TPSA) is 24.5 Å². The molecule has 1 rings (SSSR count). The Hall–Kier alpha value is -0.120. The SMILES string of the molecule is CCOCCCCNCCN(C)C(C)C1CC1. The second-order valence-electron chi connectivity index (χ2n) is 5.21. The molecule has 17 heavy (non-hydrogen) atoms. The van der Waals surface area contributed by atoms with Gasteiger partial charge in [-0.15, -0.1) is 0 Å². The first kappa shape index (κ1) is 14.9. The Balaban J connectivity index is 1.83. The number of nitrogens with zero attached hydrogens (tertiary/aromatic N) is 1. The molecule has 0 heterocycles. The van der Waals surface area contributed by atoms with Crippen LogP contribution in [0.4, 0.5) is 0 Å². The smallest absolute Gasteiger partial charge is 0.0466 e. The first-order valence-electron chi connectivity index (χ1n) is 7.24. The number of likely N-dealkylation sites (N-methyl/N-ethyl adjacent to an activating group) is 1. The second kappa shape index (κ2) is 8.90. The molecule has 102 valence electrons. The Morgan fingerprint density at radius 3 is 2.71 bits per heavy atom. The van der Waals surface area contributed by atoms with Crippen LogP contribution in [-0.2, 0) is 4.74 Å². The minimum atomic E-state index is 0.773. The fraction of sp³-hybridized carbons (Fsp3) is 1.00. The van der Waals surface area contributed by atoms with E-state index in [9.17, 15) is 0 Å². The molecule has 0 aromatic heterocycles. The fourth-order valence-corrected chi connectivity index (χ4v) is 2.12. The minimum absolute atomic E-state index is 0.773. The highest BCUT2D eigenvalue weighted by molar-refractivity contribution is 4.84. The van der Waals surface area contributed by atoms with Gasteiger partial charge in [0.25, 0.3) is 0 Å². The van der Waals surface area contributed by atoms with Crippen molar-refractivity contribution < 1.29 is 4.74 Å². The third-order valence-corrected chi connectivity index (χ3v) is 3.74. The van der Waals surface area contributed by atoms with Gasteiger partial charge in [-0.05, 0) is 59.0 Å². The molecule has 0 bridgehead atoms. The van der Waals surface area contributed by atoms with Crippen LogP contribution in [-0.4, -0.2) is 50.8 Å². The molecule has 0 saturated heterocycles. The average Bonchev–Trinajstić information content (AvgIpc) is 3.15. The van der Waals surface area contributed by atoms with E-state index in [2.05, 4.69) is 31.1 Å². The number of hydrogen-bond donors (Lipinski definition) is 1. The molecule has 1 aliphatic carbocycles. The number of rotatable bonds is 11. The van der Waals surface area contributed by atoms with Crippen LogP contribution in [0.25, 0.3) is 0 Å². The van der Waals surface area contributed by atoms with E-state index in [-0.39, 0.29) is 0 Å². The average molecular weight is 242 g/mol. The molecule has 1 N–H and O–H groups in total. The molecule has 0 aromatic carbocycles. The van der Waals surface area contributed by atoms with Crippen molar-refractivity contribution in [2.45, 2.75) is 45.6 Å². The van der Waals surface area contributed by atoms with Gasteiger partial charge >= 0.3 is 0 Å². The molecule has 1 saturated carbocycles. The van der Waals surface area contributed by atoms with Gasteiger partial charge in [0.1, 0.15) is 0 Å². The summed E-state index contributed by atoms with van der Waals surface area (Å²) >= 11 is 0. The summed E-state index contributed by atoms with van der Waals surface area (Å²) in [4.78, 5) is 2.49. The lowest BCUT2D eigenvalue weighted by Gasteiger charge is -2.24. The van der Waals surface area contributed by atoms with Crippen molar-refractivity contribution in [1.29, 1.82) is 0 Å². The van der Waals surface area contributed by atoms with Gasteiger partial charge in [-0.25, -0.2) is 0 Å². The summed E-state index contributed by atoms with van der Waals surface area (Å²) in [5.74, 6) is 0.978. The zero-order valence-corrected chi connectivity index (χ0v) is 11.9. The van der Waals surface area contributed by atoms with Crippen molar-refractivity contribution in [3.05, 3.63) is 0 Å². The lowest BCUT2D eigenvalue weighted by atomic mass is 10.2. The van der Waals surface area contributed by atoms with E-state index in [0.717, 1.165) is 38.3 Å². The summed E-state index contributed by atoms with van der Waals surface area (Å²) in [7, 11) is 2.25. The number of ether oxygens (including phenoxy) is 1. The Morgan fingerprint density at radius 1 is 1.29 bits per heavy atom. The van der Waals surface area contributed by atoms with Crippen LogP contribution in [0, 0.1) is 5.92 Å². The Morgan fingerprint density at radius 2 is 2.06 bits per heavy atom. The molecule has 3 heteroatoms. The van der Waals surface area contributed by atoms with Crippen molar-refractivity contribution >= 4 is 0 Å². The van der Waals surface area contributed by atoms with Gasteiger partial charge in [-0.1, -0.05) is 0 Å². The molecule has 0 amide bonds. The summed E-state index contributed by atoms with van der Waals surface area (Å²) in [5.41, 5.74) is 0. The van der Waals surface area contributed by atoms with Crippen LogP contribution >= 0.6 is 0 Å². The minimum Gasteiger partial charge on any atom is -0.382 e. The molecule has 1 aliphatic rings. The van der Waals surface area contributed by atoms with E-state index < -0.39 is 0 Å². The van der Waals surface area contributed by atoms with E-state index in [1.165, 1.54) is 32.2 Å². The summed E-state index contributed by atoms with van der Waals surface area (Å²) in [6, 6.07) is 0.773. The normalized spacial score (nSPS) is 17.6. The third-order valence-electron chi connectivity index (χ3n) is 3.74. The van der Waals surface area contributed by atoms with Crippen LogP contribution < -0.4 is 5.32 Å². The number of unbranched alkanes of at least 4 members (excludes halogenated alkanes) is 1. The van der Waals surface area contributed by atoms with E-state index >= 15 is 0 Å². The van der Waals surface area contributed by atoms with Crippen LogP contribution in [0.3, 0.4) is 0 Å². The summed E-state index contributed by atoms with van der Waals surface area (Å²) < 4.78 is 5.31. The molecule has 1 fully saturated rings. The van der Waals surface area contributed by atoms with Crippen molar-refractivity contribution in [1.82, 2.24) is 10.2 Å². The molecule has 0 aromatic rings. The van der Waals surface area contributed by atoms with Crippen LogP contribution in [0.2, 0.25) is 0 Å². The van der Waals surface area contributed by atoms with Gasteiger partial charge in [0.05, 0.1) is 0 Å². The van der Waals surface area contributed by atoms with E-state index in [1.54, 1.807) is 0 Å². The maximum Gasteiger partial charge on any atom is 0.0466 e. The van der Waals surface area contributed by atoms with E-state index in [1.807, 2.05) is 0 Å². The summed E-state index contributed by atoms with van der Waals surface area (Å²) in [5, 5.41) is 3.51. The van der Waals surface area contributed by atoms with Gasteiger partial charge < -0.3 is 15.0 Å². The highest BCUT2D eigenvalue weighted by Crippen LogP contribution is 2.34. The Labute approximate surface area is 107 Å². The molecule has 1 atom stereocenters. The van der Waals surface area contributed by atoms with Crippen molar-refractivity contribution in [3.8, 4) is 0 Å². The molecule has 0 radical (unpaired) electrons. The molecule has 0 spiro atoms. The highest BCUT2D eigenvalue weighted by Gasteiger charge is 2.29. The molecule has 0 aliphatic heterocycles. The Bertz CT molecular complexity index is 183. The zero-order valence-electron chi connectivity index (χ0n) is 11.9. The third kappa shape index (κ3) is 7.02. The van der Waals surface area contributed by atoms with Gasteiger partial charge in [0, 0.05) is 32.3 Å². The predicted molar refractivity (Wildman–Crippen MR) is 73.4 cm³/mol. The monoisotopic (exact) mass is 242 g/mol. The maximum atomic E-state index is 5.31. The van der Waals surface area contributed by atoms with E-state index in [4.69, 9.17) is 4.74 Å². The predicted octanol–water partition coefficient (Wildman–Crippen LogP) is 2.12. The Kier molecular flexibility index (Phi) is 7.82. The van der Waals surface area contributed by atoms with E-state index in [0.29, 0.717) is 0 Å². The molecule has 3 nitrogen and oxygen atoms in total. The van der Waals surface area contributed by atoms with Gasteiger partial charge in [-0.2, -0.15) is 0 Å². The highest BCUT2D eigenvalue weighted by atomic mass is 16.5. The molecular weight excluding hydrogens is 212 g/mol. The van der Waals surface area contributed by atoms with Gasteiger partial charge in [-0.3, -0.25) is 0 Å². The molecular formula is C14H30N2O.